The third-order valence-electron chi connectivity index (χ3n) is 6.26. The fourth-order valence-electron chi connectivity index (χ4n) is 5.80. The number of hydrogen-bond acceptors (Lipinski definition) is 1. The molecule has 0 saturated heterocycles. The van der Waals surface area contributed by atoms with Crippen LogP contribution in [-0.2, 0) is 0 Å². The summed E-state index contributed by atoms with van der Waals surface area (Å²) in [5, 5.41) is 0. The maximum absolute atomic E-state index is 5.51. The lowest BCUT2D eigenvalue weighted by molar-refractivity contribution is -0.0790. The number of rotatable bonds is 2. The van der Waals surface area contributed by atoms with Gasteiger partial charge in [0, 0.05) is 17.9 Å². The van der Waals surface area contributed by atoms with Gasteiger partial charge in [-0.1, -0.05) is 0 Å². The van der Waals surface area contributed by atoms with Crippen LogP contribution in [0.3, 0.4) is 0 Å². The number of nitrogens with zero attached hydrogens (tertiary/aromatic N) is 1. The minimum absolute atomic E-state index is 0.543. The molecule has 1 aromatic rings. The first-order valence-electron chi connectivity index (χ1n) is 7.83. The molecule has 1 aromatic heterocycles. The maximum atomic E-state index is 5.51. The molecule has 0 aromatic carbocycles. The standard InChI is InChI=1S/C16H24N2S/c1-10-9-18(15(19)17-10)11(2)16-6-12-3-13(7-16)5-14(4-12)8-16/h9,11-14H,3-8H2,1-2H3,(H,17,19). The predicted octanol–water partition coefficient (Wildman–Crippen LogP) is 4.63. The highest BCUT2D eigenvalue weighted by atomic mass is 32.1. The van der Waals surface area contributed by atoms with Crippen molar-refractivity contribution in [3.63, 3.8) is 0 Å². The van der Waals surface area contributed by atoms with E-state index in [4.69, 9.17) is 12.2 Å². The van der Waals surface area contributed by atoms with Gasteiger partial charge in [-0.2, -0.15) is 0 Å². The van der Waals surface area contributed by atoms with E-state index < -0.39 is 0 Å². The second-order valence-corrected chi connectivity index (χ2v) is 7.99. The Hall–Kier alpha value is -0.570. The SMILES string of the molecule is Cc1cn(C(C)C23CC4CC(CC(C4)C2)C3)c(=S)[nH]1. The average Bonchev–Trinajstić information content (AvgIpc) is 2.65. The molecule has 0 amide bonds. The predicted molar refractivity (Wildman–Crippen MR) is 79.7 cm³/mol. The van der Waals surface area contributed by atoms with Crippen LogP contribution in [0.1, 0.15) is 57.2 Å². The van der Waals surface area contributed by atoms with Gasteiger partial charge in [0.05, 0.1) is 0 Å². The Kier molecular flexibility index (Phi) is 2.55. The van der Waals surface area contributed by atoms with Gasteiger partial charge in [0.25, 0.3) is 0 Å². The first kappa shape index (κ1) is 12.2. The van der Waals surface area contributed by atoms with Gasteiger partial charge in [-0.25, -0.2) is 0 Å². The maximum Gasteiger partial charge on any atom is 0.177 e. The summed E-state index contributed by atoms with van der Waals surface area (Å²) in [4.78, 5) is 3.30. The molecule has 3 heteroatoms. The molecule has 5 rings (SSSR count). The molecule has 1 atom stereocenters. The largest absolute Gasteiger partial charge is 0.335 e. The van der Waals surface area contributed by atoms with Crippen molar-refractivity contribution in [2.24, 2.45) is 23.2 Å². The van der Waals surface area contributed by atoms with Gasteiger partial charge in [0.1, 0.15) is 0 Å². The van der Waals surface area contributed by atoms with E-state index in [1.165, 1.54) is 44.2 Å². The molecule has 4 aliphatic rings. The Bertz CT molecular complexity index is 518. The molecule has 104 valence electrons. The molecule has 1 N–H and O–H groups in total. The molecule has 1 heterocycles. The van der Waals surface area contributed by atoms with Crippen molar-refractivity contribution in [2.75, 3.05) is 0 Å². The van der Waals surface area contributed by atoms with E-state index in [0.29, 0.717) is 11.5 Å². The molecular formula is C16H24N2S. The Morgan fingerprint density at radius 1 is 1.21 bits per heavy atom. The summed E-state index contributed by atoms with van der Waals surface area (Å²) in [5.41, 5.74) is 1.74. The first-order valence-corrected chi connectivity index (χ1v) is 8.24. The second kappa shape index (κ2) is 3.97. The zero-order chi connectivity index (χ0) is 13.2. The van der Waals surface area contributed by atoms with Gasteiger partial charge < -0.3 is 9.55 Å². The number of H-pyrrole nitrogens is 1. The van der Waals surface area contributed by atoms with E-state index in [-0.39, 0.29) is 0 Å². The van der Waals surface area contributed by atoms with E-state index in [0.717, 1.165) is 22.5 Å². The zero-order valence-electron chi connectivity index (χ0n) is 12.0. The van der Waals surface area contributed by atoms with Crippen LogP contribution in [0, 0.1) is 34.9 Å². The molecule has 1 unspecified atom stereocenters. The number of aromatic amines is 1. The molecule has 2 nitrogen and oxygen atoms in total. The highest BCUT2D eigenvalue weighted by molar-refractivity contribution is 7.71. The third-order valence-corrected chi connectivity index (χ3v) is 6.57. The lowest BCUT2D eigenvalue weighted by Gasteiger charge is -2.59. The van der Waals surface area contributed by atoms with Crippen LogP contribution < -0.4 is 0 Å². The van der Waals surface area contributed by atoms with Crippen molar-refractivity contribution in [2.45, 2.75) is 58.4 Å². The quantitative estimate of drug-likeness (QED) is 0.781. The van der Waals surface area contributed by atoms with Gasteiger partial charge in [0.2, 0.25) is 0 Å². The van der Waals surface area contributed by atoms with Gasteiger partial charge >= 0.3 is 0 Å². The van der Waals surface area contributed by atoms with Crippen LogP contribution in [0.4, 0.5) is 0 Å². The van der Waals surface area contributed by atoms with Gasteiger partial charge in [-0.05, 0) is 87.8 Å². The minimum Gasteiger partial charge on any atom is -0.335 e. The summed E-state index contributed by atoms with van der Waals surface area (Å²) < 4.78 is 3.26. The molecule has 4 saturated carbocycles. The van der Waals surface area contributed by atoms with E-state index >= 15 is 0 Å². The van der Waals surface area contributed by atoms with Gasteiger partial charge in [0.15, 0.2) is 4.77 Å². The van der Waals surface area contributed by atoms with Crippen LogP contribution in [0.5, 0.6) is 0 Å². The van der Waals surface area contributed by atoms with E-state index in [9.17, 15) is 0 Å². The molecule has 19 heavy (non-hydrogen) atoms. The number of aromatic nitrogens is 2. The number of hydrogen-bond donors (Lipinski definition) is 1. The summed E-state index contributed by atoms with van der Waals surface area (Å²) in [6.07, 6.45) is 11.1. The van der Waals surface area contributed by atoms with E-state index in [2.05, 4.69) is 29.6 Å². The van der Waals surface area contributed by atoms with Crippen LogP contribution in [-0.4, -0.2) is 9.55 Å². The number of imidazole rings is 1. The summed E-state index contributed by atoms with van der Waals surface area (Å²) in [6, 6.07) is 0.568. The average molecular weight is 276 g/mol. The lowest BCUT2D eigenvalue weighted by atomic mass is 9.48. The minimum atomic E-state index is 0.543. The molecule has 4 aliphatic carbocycles. The van der Waals surface area contributed by atoms with Gasteiger partial charge in [-0.15, -0.1) is 0 Å². The first-order chi connectivity index (χ1) is 9.06. The summed E-state index contributed by atoms with van der Waals surface area (Å²) in [5.74, 6) is 3.05. The van der Waals surface area contributed by atoms with Crippen LogP contribution in [0.25, 0.3) is 0 Å². The van der Waals surface area contributed by atoms with Crippen molar-refractivity contribution in [1.29, 1.82) is 0 Å². The van der Waals surface area contributed by atoms with Crippen LogP contribution in [0.2, 0.25) is 0 Å². The Labute approximate surface area is 120 Å². The highest BCUT2D eigenvalue weighted by Crippen LogP contribution is 2.63. The molecule has 0 spiro atoms. The topological polar surface area (TPSA) is 20.7 Å². The van der Waals surface area contributed by atoms with Crippen LogP contribution >= 0.6 is 12.2 Å². The number of aryl methyl sites for hydroxylation is 1. The van der Waals surface area contributed by atoms with Crippen molar-refractivity contribution < 1.29 is 0 Å². The van der Waals surface area contributed by atoms with Crippen LogP contribution in [0.15, 0.2) is 6.20 Å². The smallest absolute Gasteiger partial charge is 0.177 e. The fourth-order valence-corrected chi connectivity index (χ4v) is 6.18. The number of nitrogens with one attached hydrogen (secondary N) is 1. The second-order valence-electron chi connectivity index (χ2n) is 7.61. The highest BCUT2D eigenvalue weighted by Gasteiger charge is 2.53. The third kappa shape index (κ3) is 1.77. The molecule has 0 radical (unpaired) electrons. The molecule has 0 aliphatic heterocycles. The molecule has 4 fully saturated rings. The zero-order valence-corrected chi connectivity index (χ0v) is 12.8. The monoisotopic (exact) mass is 276 g/mol. The fraction of sp³-hybridized carbons (Fsp3) is 0.812. The van der Waals surface area contributed by atoms with Gasteiger partial charge in [-0.3, -0.25) is 0 Å². The van der Waals surface area contributed by atoms with E-state index in [1.807, 2.05) is 0 Å². The van der Waals surface area contributed by atoms with Crippen molar-refractivity contribution in [3.05, 3.63) is 16.7 Å². The van der Waals surface area contributed by atoms with E-state index in [1.54, 1.807) is 0 Å². The van der Waals surface area contributed by atoms with Crippen molar-refractivity contribution in [3.8, 4) is 0 Å². The lowest BCUT2D eigenvalue weighted by Crippen LogP contribution is -2.49. The van der Waals surface area contributed by atoms with Crippen molar-refractivity contribution in [1.82, 2.24) is 9.55 Å². The summed E-state index contributed by atoms with van der Waals surface area (Å²) in [6.45, 7) is 4.52. The molecule has 4 bridgehead atoms. The Morgan fingerprint density at radius 2 is 1.74 bits per heavy atom. The molecular weight excluding hydrogens is 252 g/mol. The Balaban J connectivity index is 1.71. The normalized spacial score (nSPS) is 41.7. The Morgan fingerprint density at radius 3 is 2.16 bits per heavy atom. The van der Waals surface area contributed by atoms with Crippen molar-refractivity contribution >= 4 is 12.2 Å². The summed E-state index contributed by atoms with van der Waals surface area (Å²) >= 11 is 5.51. The summed E-state index contributed by atoms with van der Waals surface area (Å²) in [7, 11) is 0.